The highest BCUT2D eigenvalue weighted by Crippen LogP contribution is 2.24. The first kappa shape index (κ1) is 15.9. The summed E-state index contributed by atoms with van der Waals surface area (Å²) in [5.74, 6) is 0. The van der Waals surface area contributed by atoms with Crippen LogP contribution in [-0.2, 0) is 10.0 Å². The van der Waals surface area contributed by atoms with E-state index in [0.29, 0.717) is 5.69 Å². The van der Waals surface area contributed by atoms with E-state index in [4.69, 9.17) is 0 Å². The Morgan fingerprint density at radius 3 is 2.33 bits per heavy atom. The van der Waals surface area contributed by atoms with Gasteiger partial charge in [-0.2, -0.15) is 8.42 Å². The first-order valence-electron chi connectivity index (χ1n) is 6.52. The van der Waals surface area contributed by atoms with Crippen LogP contribution in [0.25, 0.3) is 0 Å². The maximum Gasteiger partial charge on any atom is 0.283 e. The second kappa shape index (κ2) is 6.11. The molecule has 1 aromatic carbocycles. The fourth-order valence-electron chi connectivity index (χ4n) is 1.80. The van der Waals surface area contributed by atoms with Crippen molar-refractivity contribution in [3.8, 4) is 0 Å². The molecule has 0 saturated heterocycles. The summed E-state index contributed by atoms with van der Waals surface area (Å²) in [5, 5.41) is 0.0626. The van der Waals surface area contributed by atoms with Gasteiger partial charge < -0.3 is 4.57 Å². The SMILES string of the molecule is CSc1ccc(N(C)S(=O)(=O)c2cn(C(C)C)cn2)cc1. The number of anilines is 1. The third-order valence-electron chi connectivity index (χ3n) is 3.23. The highest BCUT2D eigenvalue weighted by atomic mass is 32.2. The number of imidazole rings is 1. The summed E-state index contributed by atoms with van der Waals surface area (Å²) in [6, 6.07) is 7.57. The molecule has 0 aliphatic rings. The smallest absolute Gasteiger partial charge is 0.283 e. The number of hydrogen-bond acceptors (Lipinski definition) is 4. The van der Waals surface area contributed by atoms with Crippen LogP contribution in [-0.4, -0.2) is 31.3 Å². The monoisotopic (exact) mass is 325 g/mol. The van der Waals surface area contributed by atoms with Gasteiger partial charge in [-0.3, -0.25) is 4.31 Å². The predicted molar refractivity (Wildman–Crippen MR) is 86.4 cm³/mol. The van der Waals surface area contributed by atoms with Crippen molar-refractivity contribution in [2.45, 2.75) is 29.8 Å². The van der Waals surface area contributed by atoms with E-state index in [2.05, 4.69) is 4.98 Å². The minimum absolute atomic E-state index is 0.0626. The van der Waals surface area contributed by atoms with Gasteiger partial charge in [0.25, 0.3) is 10.0 Å². The average molecular weight is 325 g/mol. The molecule has 0 amide bonds. The predicted octanol–water partition coefficient (Wildman–Crippen LogP) is 3.01. The maximum atomic E-state index is 12.6. The van der Waals surface area contributed by atoms with Crippen molar-refractivity contribution >= 4 is 27.5 Å². The van der Waals surface area contributed by atoms with E-state index in [-0.39, 0.29) is 11.1 Å². The number of aromatic nitrogens is 2. The van der Waals surface area contributed by atoms with Gasteiger partial charge in [-0.1, -0.05) is 0 Å². The molecule has 0 bridgehead atoms. The Balaban J connectivity index is 2.32. The summed E-state index contributed by atoms with van der Waals surface area (Å²) in [6.45, 7) is 3.95. The summed E-state index contributed by atoms with van der Waals surface area (Å²) in [5.41, 5.74) is 0.617. The van der Waals surface area contributed by atoms with E-state index in [1.165, 1.54) is 11.4 Å². The molecule has 0 aliphatic heterocycles. The quantitative estimate of drug-likeness (QED) is 0.793. The lowest BCUT2D eigenvalue weighted by Gasteiger charge is -2.18. The van der Waals surface area contributed by atoms with Gasteiger partial charge >= 0.3 is 0 Å². The second-order valence-electron chi connectivity index (χ2n) is 4.92. The molecule has 1 aromatic heterocycles. The first-order valence-corrected chi connectivity index (χ1v) is 9.19. The normalized spacial score (nSPS) is 11.9. The lowest BCUT2D eigenvalue weighted by atomic mass is 10.3. The first-order chi connectivity index (χ1) is 9.86. The summed E-state index contributed by atoms with van der Waals surface area (Å²) >= 11 is 1.62. The molecule has 0 aliphatic carbocycles. The van der Waals surface area contributed by atoms with Crippen LogP contribution in [0.4, 0.5) is 5.69 Å². The average Bonchev–Trinajstić information content (AvgIpc) is 2.97. The van der Waals surface area contributed by atoms with Crippen molar-refractivity contribution in [1.82, 2.24) is 9.55 Å². The van der Waals surface area contributed by atoms with Crippen LogP contribution in [0.5, 0.6) is 0 Å². The third kappa shape index (κ3) is 3.24. The Labute approximate surface area is 130 Å². The van der Waals surface area contributed by atoms with Gasteiger partial charge in [0.1, 0.15) is 0 Å². The third-order valence-corrected chi connectivity index (χ3v) is 5.65. The van der Waals surface area contributed by atoms with Gasteiger partial charge in [-0.15, -0.1) is 11.8 Å². The highest BCUT2D eigenvalue weighted by molar-refractivity contribution is 7.98. The maximum absolute atomic E-state index is 12.6. The van der Waals surface area contributed by atoms with E-state index in [1.54, 1.807) is 41.0 Å². The van der Waals surface area contributed by atoms with E-state index >= 15 is 0 Å². The number of rotatable bonds is 5. The summed E-state index contributed by atoms with van der Waals surface area (Å²) in [4.78, 5) is 5.11. The fourth-order valence-corrected chi connectivity index (χ4v) is 3.33. The van der Waals surface area contributed by atoms with Crippen LogP contribution in [0.1, 0.15) is 19.9 Å². The Kier molecular flexibility index (Phi) is 4.63. The Hall–Kier alpha value is -1.47. The standard InChI is InChI=1S/C14H19N3O2S2/c1-11(2)17-9-14(15-10-17)21(18,19)16(3)12-5-7-13(20-4)8-6-12/h5-11H,1-4H3. The molecule has 1 heterocycles. The van der Waals surface area contributed by atoms with Crippen molar-refractivity contribution in [2.75, 3.05) is 17.6 Å². The molecular formula is C14H19N3O2S2. The van der Waals surface area contributed by atoms with Crippen molar-refractivity contribution in [1.29, 1.82) is 0 Å². The van der Waals surface area contributed by atoms with E-state index in [0.717, 1.165) is 4.90 Å². The molecule has 0 atom stereocenters. The second-order valence-corrected chi connectivity index (χ2v) is 7.72. The zero-order chi connectivity index (χ0) is 15.6. The number of hydrogen-bond donors (Lipinski definition) is 0. The number of benzene rings is 1. The van der Waals surface area contributed by atoms with Crippen LogP contribution in [0, 0.1) is 0 Å². The molecule has 114 valence electrons. The molecule has 0 unspecified atom stereocenters. The molecule has 0 fully saturated rings. The van der Waals surface area contributed by atoms with Gasteiger partial charge in [0.2, 0.25) is 0 Å². The van der Waals surface area contributed by atoms with Gasteiger partial charge in [0.05, 0.1) is 12.0 Å². The number of sulfonamides is 1. The zero-order valence-corrected chi connectivity index (χ0v) is 14.1. The lowest BCUT2D eigenvalue weighted by Crippen LogP contribution is -2.26. The van der Waals surface area contributed by atoms with Crippen LogP contribution in [0.15, 0.2) is 46.7 Å². The summed E-state index contributed by atoms with van der Waals surface area (Å²) in [7, 11) is -2.09. The molecule has 0 saturated carbocycles. The summed E-state index contributed by atoms with van der Waals surface area (Å²) < 4.78 is 28.2. The van der Waals surface area contributed by atoms with Crippen molar-refractivity contribution in [2.24, 2.45) is 0 Å². The lowest BCUT2D eigenvalue weighted by molar-refractivity contribution is 0.587. The summed E-state index contributed by atoms with van der Waals surface area (Å²) in [6.07, 6.45) is 5.09. The minimum Gasteiger partial charge on any atom is -0.334 e. The molecule has 2 aromatic rings. The molecular weight excluding hydrogens is 306 g/mol. The largest absolute Gasteiger partial charge is 0.334 e. The van der Waals surface area contributed by atoms with E-state index in [9.17, 15) is 8.42 Å². The van der Waals surface area contributed by atoms with Crippen molar-refractivity contribution < 1.29 is 8.42 Å². The molecule has 7 heteroatoms. The fraction of sp³-hybridized carbons (Fsp3) is 0.357. The van der Waals surface area contributed by atoms with Crippen LogP contribution in [0.3, 0.4) is 0 Å². The zero-order valence-electron chi connectivity index (χ0n) is 12.5. The minimum atomic E-state index is -3.63. The molecule has 2 rings (SSSR count). The number of thioether (sulfide) groups is 1. The molecule has 0 N–H and O–H groups in total. The number of nitrogens with zero attached hydrogens (tertiary/aromatic N) is 3. The van der Waals surface area contributed by atoms with E-state index in [1.807, 2.05) is 32.2 Å². The highest BCUT2D eigenvalue weighted by Gasteiger charge is 2.24. The Morgan fingerprint density at radius 2 is 1.86 bits per heavy atom. The van der Waals surface area contributed by atoms with Gasteiger partial charge in [0.15, 0.2) is 5.03 Å². The van der Waals surface area contributed by atoms with Gasteiger partial charge in [-0.05, 0) is 44.4 Å². The van der Waals surface area contributed by atoms with Crippen molar-refractivity contribution in [3.05, 3.63) is 36.8 Å². The van der Waals surface area contributed by atoms with Crippen molar-refractivity contribution in [3.63, 3.8) is 0 Å². The molecule has 5 nitrogen and oxygen atoms in total. The Bertz CT molecular complexity index is 706. The van der Waals surface area contributed by atoms with Crippen LogP contribution < -0.4 is 4.31 Å². The molecule has 21 heavy (non-hydrogen) atoms. The van der Waals surface area contributed by atoms with Crippen LogP contribution >= 0.6 is 11.8 Å². The van der Waals surface area contributed by atoms with Gasteiger partial charge in [0, 0.05) is 24.2 Å². The topological polar surface area (TPSA) is 55.2 Å². The van der Waals surface area contributed by atoms with Crippen LogP contribution in [0.2, 0.25) is 0 Å². The van der Waals surface area contributed by atoms with Gasteiger partial charge in [-0.25, -0.2) is 4.98 Å². The Morgan fingerprint density at radius 1 is 1.24 bits per heavy atom. The molecule has 0 spiro atoms. The van der Waals surface area contributed by atoms with E-state index < -0.39 is 10.0 Å². The molecule has 0 radical (unpaired) electrons.